The van der Waals surface area contributed by atoms with Crippen LogP contribution in [0.3, 0.4) is 0 Å². The van der Waals surface area contributed by atoms with Gasteiger partial charge in [-0.2, -0.15) is 0 Å². The Balaban J connectivity index is 1.76. The van der Waals surface area contributed by atoms with Crippen molar-refractivity contribution >= 4 is 0 Å². The van der Waals surface area contributed by atoms with Crippen LogP contribution in [0.4, 0.5) is 0 Å². The third-order valence-electron chi connectivity index (χ3n) is 6.62. The van der Waals surface area contributed by atoms with Gasteiger partial charge in [0.2, 0.25) is 0 Å². The van der Waals surface area contributed by atoms with E-state index in [9.17, 15) is 0 Å². The number of hydrogen-bond acceptors (Lipinski definition) is 3. The fraction of sp³-hybridized carbons (Fsp3) is 0.818. The van der Waals surface area contributed by atoms with E-state index in [1.807, 2.05) is 0 Å². The van der Waals surface area contributed by atoms with Crippen molar-refractivity contribution in [2.75, 3.05) is 39.3 Å². The Kier molecular flexibility index (Phi) is 7.57. The van der Waals surface area contributed by atoms with E-state index in [1.54, 1.807) is 0 Å². The normalized spacial score (nSPS) is 28.2. The third kappa shape index (κ3) is 5.18. The monoisotopic (exact) mass is 345 g/mol. The fourth-order valence-electron chi connectivity index (χ4n) is 5.07. The van der Waals surface area contributed by atoms with Gasteiger partial charge in [-0.1, -0.05) is 37.1 Å². The van der Waals surface area contributed by atoms with Crippen molar-refractivity contribution in [2.24, 2.45) is 0 Å². The Morgan fingerprint density at radius 3 is 1.72 bits per heavy atom. The summed E-state index contributed by atoms with van der Waals surface area (Å²) in [5.41, 5.74) is 0. The first-order valence-electron chi connectivity index (χ1n) is 10.8. The first kappa shape index (κ1) is 19.1. The third-order valence-corrected chi connectivity index (χ3v) is 6.62. The van der Waals surface area contributed by atoms with Crippen LogP contribution in [0.5, 0.6) is 0 Å². The van der Waals surface area contributed by atoms with Gasteiger partial charge in [0.15, 0.2) is 0 Å². The van der Waals surface area contributed by atoms with Crippen LogP contribution in [-0.4, -0.2) is 72.1 Å². The van der Waals surface area contributed by atoms with Gasteiger partial charge in [0.05, 0.1) is 0 Å². The lowest BCUT2D eigenvalue weighted by Crippen LogP contribution is -2.60. The molecule has 3 nitrogen and oxygen atoms in total. The van der Waals surface area contributed by atoms with Crippen molar-refractivity contribution in [1.82, 2.24) is 14.7 Å². The van der Waals surface area contributed by atoms with Crippen molar-refractivity contribution in [3.05, 3.63) is 24.3 Å². The topological polar surface area (TPSA) is 9.72 Å². The molecule has 3 atom stereocenters. The maximum atomic E-state index is 2.86. The molecule has 0 radical (unpaired) electrons. The van der Waals surface area contributed by atoms with Crippen molar-refractivity contribution in [3.8, 4) is 0 Å². The number of rotatable bonds is 5. The van der Waals surface area contributed by atoms with Gasteiger partial charge in [-0.3, -0.25) is 14.7 Å². The minimum atomic E-state index is 0.627. The molecule has 0 amide bonds. The Morgan fingerprint density at radius 2 is 1.12 bits per heavy atom. The van der Waals surface area contributed by atoms with E-state index in [2.05, 4.69) is 52.9 Å². The van der Waals surface area contributed by atoms with Crippen LogP contribution in [0, 0.1) is 0 Å². The summed E-state index contributed by atoms with van der Waals surface area (Å²) in [4.78, 5) is 8.32. The number of allylic oxidation sites excluding steroid dienone is 1. The number of nitrogens with zero attached hydrogens (tertiary/aromatic N) is 3. The molecule has 1 saturated heterocycles. The van der Waals surface area contributed by atoms with E-state index < -0.39 is 0 Å². The Hall–Kier alpha value is -0.640. The summed E-state index contributed by atoms with van der Waals surface area (Å²) in [6.45, 7) is 12.4. The summed E-state index contributed by atoms with van der Waals surface area (Å²) in [7, 11) is 0. The fourth-order valence-corrected chi connectivity index (χ4v) is 5.07. The smallest absolute Gasteiger partial charge is 0.0402 e. The van der Waals surface area contributed by atoms with E-state index in [0.717, 1.165) is 13.1 Å². The van der Waals surface area contributed by atoms with Crippen LogP contribution in [-0.2, 0) is 0 Å². The summed E-state index contributed by atoms with van der Waals surface area (Å²) >= 11 is 0. The minimum Gasteiger partial charge on any atom is -0.297 e. The van der Waals surface area contributed by atoms with Crippen LogP contribution >= 0.6 is 0 Å². The maximum Gasteiger partial charge on any atom is 0.0402 e. The second kappa shape index (κ2) is 9.89. The minimum absolute atomic E-state index is 0.627. The first-order valence-corrected chi connectivity index (χ1v) is 10.8. The van der Waals surface area contributed by atoms with Gasteiger partial charge in [0.25, 0.3) is 0 Å². The maximum absolute atomic E-state index is 2.86. The molecule has 0 spiro atoms. The molecule has 0 saturated carbocycles. The highest BCUT2D eigenvalue weighted by molar-refractivity contribution is 5.00. The zero-order valence-electron chi connectivity index (χ0n) is 16.6. The summed E-state index contributed by atoms with van der Waals surface area (Å²) in [5.74, 6) is 0. The summed E-state index contributed by atoms with van der Waals surface area (Å²) in [6, 6.07) is 1.91. The van der Waals surface area contributed by atoms with Crippen molar-refractivity contribution in [2.45, 2.75) is 76.9 Å². The molecule has 3 heterocycles. The van der Waals surface area contributed by atoms with Crippen LogP contribution in [0.25, 0.3) is 0 Å². The molecule has 3 aliphatic rings. The molecular formula is C22H39N3. The largest absolute Gasteiger partial charge is 0.297 e. The average molecular weight is 346 g/mol. The van der Waals surface area contributed by atoms with Crippen LogP contribution < -0.4 is 0 Å². The van der Waals surface area contributed by atoms with Crippen molar-refractivity contribution in [3.63, 3.8) is 0 Å². The Morgan fingerprint density at radius 1 is 0.560 bits per heavy atom. The quantitative estimate of drug-likeness (QED) is 0.699. The molecule has 0 bridgehead atoms. The van der Waals surface area contributed by atoms with Gasteiger partial charge >= 0.3 is 0 Å². The predicted molar refractivity (Wildman–Crippen MR) is 108 cm³/mol. The highest BCUT2D eigenvalue weighted by atomic mass is 15.3. The lowest BCUT2D eigenvalue weighted by Gasteiger charge is -2.47. The summed E-state index contributed by atoms with van der Waals surface area (Å²) < 4.78 is 0. The molecule has 142 valence electrons. The molecule has 3 unspecified atom stereocenters. The second-order valence-corrected chi connectivity index (χ2v) is 8.29. The van der Waals surface area contributed by atoms with E-state index in [1.165, 1.54) is 71.1 Å². The standard InChI is InChI=1S/C22H39N3/c1-20(23-14-8-3-4-9-15-23)22(25-18-10-5-6-11-19-25)21(2)24-16-12-7-13-17-24/h3,7-8,12,20-22H,4-6,9-11,13-19H2,1-2H3. The highest BCUT2D eigenvalue weighted by Gasteiger charge is 2.35. The molecule has 3 aliphatic heterocycles. The summed E-state index contributed by atoms with van der Waals surface area (Å²) in [6.07, 6.45) is 18.9. The summed E-state index contributed by atoms with van der Waals surface area (Å²) in [5, 5.41) is 0. The molecule has 25 heavy (non-hydrogen) atoms. The van der Waals surface area contributed by atoms with Gasteiger partial charge in [0, 0.05) is 37.8 Å². The van der Waals surface area contributed by atoms with Crippen LogP contribution in [0.1, 0.15) is 58.8 Å². The van der Waals surface area contributed by atoms with Gasteiger partial charge in [-0.05, 0) is 65.6 Å². The molecule has 0 aliphatic carbocycles. The molecule has 0 aromatic heterocycles. The van der Waals surface area contributed by atoms with E-state index >= 15 is 0 Å². The Labute approximate surface area is 155 Å². The molecule has 0 aromatic rings. The molecule has 0 aromatic carbocycles. The molecule has 3 rings (SSSR count). The van der Waals surface area contributed by atoms with Crippen LogP contribution in [0.2, 0.25) is 0 Å². The second-order valence-electron chi connectivity index (χ2n) is 8.29. The molecular weight excluding hydrogens is 306 g/mol. The lowest BCUT2D eigenvalue weighted by atomic mass is 9.96. The van der Waals surface area contributed by atoms with Crippen molar-refractivity contribution < 1.29 is 0 Å². The highest BCUT2D eigenvalue weighted by Crippen LogP contribution is 2.24. The number of hydrogen-bond donors (Lipinski definition) is 0. The molecule has 1 fully saturated rings. The van der Waals surface area contributed by atoms with E-state index in [4.69, 9.17) is 0 Å². The average Bonchev–Trinajstić information content (AvgIpc) is 3.08. The van der Waals surface area contributed by atoms with Gasteiger partial charge in [0.1, 0.15) is 0 Å². The predicted octanol–water partition coefficient (Wildman–Crippen LogP) is 3.92. The van der Waals surface area contributed by atoms with Gasteiger partial charge in [-0.15, -0.1) is 0 Å². The van der Waals surface area contributed by atoms with E-state index in [0.29, 0.717) is 18.1 Å². The molecule has 0 N–H and O–H groups in total. The van der Waals surface area contributed by atoms with Gasteiger partial charge in [-0.25, -0.2) is 0 Å². The van der Waals surface area contributed by atoms with Crippen LogP contribution in [0.15, 0.2) is 24.3 Å². The molecule has 3 heteroatoms. The van der Waals surface area contributed by atoms with E-state index in [-0.39, 0.29) is 0 Å². The number of likely N-dealkylation sites (tertiary alicyclic amines) is 1. The zero-order valence-corrected chi connectivity index (χ0v) is 16.6. The van der Waals surface area contributed by atoms with Crippen molar-refractivity contribution in [1.29, 1.82) is 0 Å². The Bertz CT molecular complexity index is 437. The van der Waals surface area contributed by atoms with Gasteiger partial charge < -0.3 is 0 Å². The first-order chi connectivity index (χ1) is 12.3. The lowest BCUT2D eigenvalue weighted by molar-refractivity contribution is 0.0330. The SMILES string of the molecule is CC(C(C(C)N1CC=CCCC1)N1CCCCCC1)N1CC=CCC1. The zero-order chi connectivity index (χ0) is 17.5.